The highest BCUT2D eigenvalue weighted by molar-refractivity contribution is 5.81. The number of rotatable bonds is 0. The first-order valence-electron chi connectivity index (χ1n) is 5.31. The molecule has 78 valence electrons. The van der Waals surface area contributed by atoms with Gasteiger partial charge in [0.1, 0.15) is 0 Å². The molecule has 3 heteroatoms. The van der Waals surface area contributed by atoms with Gasteiger partial charge in [0.25, 0.3) is 0 Å². The molecule has 3 nitrogen and oxygen atoms in total. The van der Waals surface area contributed by atoms with Crippen LogP contribution in [0.3, 0.4) is 0 Å². The van der Waals surface area contributed by atoms with Crippen LogP contribution in [0.15, 0.2) is 29.8 Å². The van der Waals surface area contributed by atoms with Crippen LogP contribution < -0.4 is 11.1 Å². The maximum absolute atomic E-state index is 9.84. The number of nitrogens with two attached hydrogens (primary N) is 1. The molecular formula is C12H14N2O. The Kier molecular flexibility index (Phi) is 1.76. The summed E-state index contributed by atoms with van der Waals surface area (Å²) in [7, 11) is 0. The number of hydrogen-bond donors (Lipinski definition) is 3. The van der Waals surface area contributed by atoms with Gasteiger partial charge in [-0.15, -0.1) is 0 Å². The number of hydrogen-bond acceptors (Lipinski definition) is 3. The topological polar surface area (TPSA) is 58.3 Å². The largest absolute Gasteiger partial charge is 0.398 e. The highest BCUT2D eigenvalue weighted by atomic mass is 16.3. The zero-order valence-corrected chi connectivity index (χ0v) is 8.40. The predicted octanol–water partition coefficient (Wildman–Crippen LogP) is 1.31. The molecule has 1 aromatic rings. The highest BCUT2D eigenvalue weighted by Gasteiger charge is 2.34. The molecular weight excluding hydrogens is 188 g/mol. The second-order valence-corrected chi connectivity index (χ2v) is 4.20. The van der Waals surface area contributed by atoms with Crippen molar-refractivity contribution in [3.05, 3.63) is 35.4 Å². The number of nitrogens with one attached hydrogen (secondary N) is 1. The van der Waals surface area contributed by atoms with E-state index in [4.69, 9.17) is 5.73 Å². The number of anilines is 1. The van der Waals surface area contributed by atoms with E-state index >= 15 is 0 Å². The molecule has 0 saturated heterocycles. The molecule has 4 N–H and O–H groups in total. The van der Waals surface area contributed by atoms with Crippen LogP contribution in [0.5, 0.6) is 0 Å². The van der Waals surface area contributed by atoms with E-state index in [9.17, 15) is 5.11 Å². The number of aliphatic hydroxyl groups is 1. The van der Waals surface area contributed by atoms with Crippen molar-refractivity contribution in [2.75, 3.05) is 5.32 Å². The fourth-order valence-electron chi connectivity index (χ4n) is 2.57. The van der Waals surface area contributed by atoms with E-state index in [-0.39, 0.29) is 12.1 Å². The van der Waals surface area contributed by atoms with Crippen molar-refractivity contribution < 1.29 is 5.11 Å². The van der Waals surface area contributed by atoms with Gasteiger partial charge in [0.2, 0.25) is 0 Å². The lowest BCUT2D eigenvalue weighted by Gasteiger charge is -2.27. The molecule has 0 amide bonds. The van der Waals surface area contributed by atoms with E-state index in [1.165, 1.54) is 0 Å². The summed E-state index contributed by atoms with van der Waals surface area (Å²) < 4.78 is 0. The maximum atomic E-state index is 9.84. The molecule has 1 saturated carbocycles. The van der Waals surface area contributed by atoms with E-state index in [1.807, 2.05) is 24.3 Å². The van der Waals surface area contributed by atoms with Crippen LogP contribution in [-0.2, 0) is 0 Å². The SMILES string of the molecule is NC1=C2C(O)CCC2Nc2ccccc21. The Hall–Kier alpha value is -1.48. The second-order valence-electron chi connectivity index (χ2n) is 4.20. The Labute approximate surface area is 88.6 Å². The molecule has 1 aliphatic heterocycles. The standard InChI is InChI=1S/C12H14N2O/c13-12-7-3-1-2-4-8(7)14-9-5-6-10(15)11(9)12/h1-4,9-10,14-15H,5-6,13H2. The molecule has 2 unspecified atom stereocenters. The van der Waals surface area contributed by atoms with Gasteiger partial charge in [-0.05, 0) is 18.9 Å². The normalized spacial score (nSPS) is 28.3. The molecule has 15 heavy (non-hydrogen) atoms. The summed E-state index contributed by atoms with van der Waals surface area (Å²) in [6.07, 6.45) is 1.41. The molecule has 1 heterocycles. The fraction of sp³-hybridized carbons (Fsp3) is 0.333. The number of fused-ring (bicyclic) bond motifs is 2. The average Bonchev–Trinajstić information content (AvgIpc) is 2.61. The maximum Gasteiger partial charge on any atom is 0.0793 e. The van der Waals surface area contributed by atoms with Gasteiger partial charge < -0.3 is 16.2 Å². The predicted molar refractivity (Wildman–Crippen MR) is 60.2 cm³/mol. The van der Waals surface area contributed by atoms with Gasteiger partial charge in [-0.2, -0.15) is 0 Å². The molecule has 0 radical (unpaired) electrons. The van der Waals surface area contributed by atoms with E-state index in [0.29, 0.717) is 0 Å². The molecule has 1 fully saturated rings. The van der Waals surface area contributed by atoms with Gasteiger partial charge in [-0.3, -0.25) is 0 Å². The first kappa shape index (κ1) is 8.80. The molecule has 0 aromatic heterocycles. The minimum atomic E-state index is -0.365. The van der Waals surface area contributed by atoms with Crippen molar-refractivity contribution in [2.45, 2.75) is 25.0 Å². The molecule has 2 atom stereocenters. The minimum absolute atomic E-state index is 0.231. The molecule has 2 aliphatic rings. The van der Waals surface area contributed by atoms with Crippen LogP contribution in [0, 0.1) is 0 Å². The summed E-state index contributed by atoms with van der Waals surface area (Å²) in [4.78, 5) is 0. The molecule has 0 spiro atoms. The summed E-state index contributed by atoms with van der Waals surface area (Å²) in [5.41, 5.74) is 9.94. The molecule has 3 rings (SSSR count). The van der Waals surface area contributed by atoms with Gasteiger partial charge in [0, 0.05) is 22.5 Å². The van der Waals surface area contributed by atoms with Crippen molar-refractivity contribution in [3.8, 4) is 0 Å². The van der Waals surface area contributed by atoms with E-state index in [0.717, 1.165) is 35.4 Å². The van der Waals surface area contributed by atoms with Gasteiger partial charge in [-0.25, -0.2) is 0 Å². The van der Waals surface area contributed by atoms with Crippen LogP contribution in [0.2, 0.25) is 0 Å². The second kappa shape index (κ2) is 3.00. The zero-order chi connectivity index (χ0) is 10.4. The van der Waals surface area contributed by atoms with Gasteiger partial charge in [0.05, 0.1) is 12.1 Å². The lowest BCUT2D eigenvalue weighted by molar-refractivity contribution is 0.218. The summed E-state index contributed by atoms with van der Waals surface area (Å²) in [5.74, 6) is 0. The third kappa shape index (κ3) is 1.16. The van der Waals surface area contributed by atoms with Crippen molar-refractivity contribution in [3.63, 3.8) is 0 Å². The van der Waals surface area contributed by atoms with Crippen LogP contribution >= 0.6 is 0 Å². The monoisotopic (exact) mass is 202 g/mol. The van der Waals surface area contributed by atoms with Gasteiger partial charge in [-0.1, -0.05) is 18.2 Å². The lowest BCUT2D eigenvalue weighted by atomic mass is 9.96. The quantitative estimate of drug-likeness (QED) is 0.594. The van der Waals surface area contributed by atoms with Crippen molar-refractivity contribution >= 4 is 11.4 Å². The van der Waals surface area contributed by atoms with Gasteiger partial charge in [0.15, 0.2) is 0 Å². The number of benzene rings is 1. The third-order valence-corrected chi connectivity index (χ3v) is 3.32. The smallest absolute Gasteiger partial charge is 0.0793 e. The van der Waals surface area contributed by atoms with E-state index in [1.54, 1.807) is 0 Å². The van der Waals surface area contributed by atoms with Crippen LogP contribution in [-0.4, -0.2) is 17.3 Å². The highest BCUT2D eigenvalue weighted by Crippen LogP contribution is 2.38. The summed E-state index contributed by atoms with van der Waals surface area (Å²) in [6, 6.07) is 8.22. The Bertz CT molecular complexity index is 439. The minimum Gasteiger partial charge on any atom is -0.398 e. The van der Waals surface area contributed by atoms with Crippen LogP contribution in [0.1, 0.15) is 18.4 Å². The first-order valence-corrected chi connectivity index (χ1v) is 5.31. The molecule has 1 aliphatic carbocycles. The Morgan fingerprint density at radius 3 is 2.93 bits per heavy atom. The third-order valence-electron chi connectivity index (χ3n) is 3.32. The number of para-hydroxylation sites is 1. The Balaban J connectivity index is 2.18. The lowest BCUT2D eigenvalue weighted by Crippen LogP contribution is -2.28. The molecule has 1 aromatic carbocycles. The summed E-state index contributed by atoms with van der Waals surface area (Å²) in [6.45, 7) is 0. The van der Waals surface area contributed by atoms with Gasteiger partial charge >= 0.3 is 0 Å². The Morgan fingerprint density at radius 1 is 1.27 bits per heavy atom. The van der Waals surface area contributed by atoms with Crippen LogP contribution in [0.4, 0.5) is 5.69 Å². The zero-order valence-electron chi connectivity index (χ0n) is 8.40. The summed E-state index contributed by atoms with van der Waals surface area (Å²) >= 11 is 0. The fourth-order valence-corrected chi connectivity index (χ4v) is 2.57. The molecule has 0 bridgehead atoms. The van der Waals surface area contributed by atoms with Crippen molar-refractivity contribution in [1.29, 1.82) is 0 Å². The Morgan fingerprint density at radius 2 is 2.07 bits per heavy atom. The summed E-state index contributed by atoms with van der Waals surface area (Å²) in [5, 5.41) is 13.3. The first-order chi connectivity index (χ1) is 7.27. The van der Waals surface area contributed by atoms with Crippen molar-refractivity contribution in [1.82, 2.24) is 0 Å². The van der Waals surface area contributed by atoms with Crippen molar-refractivity contribution in [2.24, 2.45) is 5.73 Å². The number of aliphatic hydroxyl groups excluding tert-OH is 1. The van der Waals surface area contributed by atoms with Crippen LogP contribution in [0.25, 0.3) is 5.70 Å². The average molecular weight is 202 g/mol. The van der Waals surface area contributed by atoms with E-state index < -0.39 is 0 Å². The van der Waals surface area contributed by atoms with E-state index in [2.05, 4.69) is 5.32 Å².